The molecule has 0 unspecified atom stereocenters. The van der Waals surface area contributed by atoms with Gasteiger partial charge in [-0.2, -0.15) is 0 Å². The van der Waals surface area contributed by atoms with Crippen molar-refractivity contribution in [2.75, 3.05) is 0 Å². The first-order chi connectivity index (χ1) is 9.61. The quantitative estimate of drug-likeness (QED) is 0.360. The summed E-state index contributed by atoms with van der Waals surface area (Å²) in [6, 6.07) is 13.8. The fourth-order valence-electron chi connectivity index (χ4n) is 2.34. The van der Waals surface area contributed by atoms with Gasteiger partial charge in [0, 0.05) is 11.1 Å². The lowest BCUT2D eigenvalue weighted by Gasteiger charge is -2.08. The lowest BCUT2D eigenvalue weighted by molar-refractivity contribution is 0.320. The largest absolute Gasteiger partial charge is 0.410 e. The minimum Gasteiger partial charge on any atom is -0.410 e. The number of oxime groups is 1. The Kier molecular flexibility index (Phi) is 4.22. The Bertz CT molecular complexity index is 680. The predicted molar refractivity (Wildman–Crippen MR) is 82.3 cm³/mol. The molecule has 0 fully saturated rings. The number of hydrogen-bond acceptors (Lipinski definition) is 2. The molecule has 100 valence electrons. The summed E-state index contributed by atoms with van der Waals surface area (Å²) in [6.45, 7) is 6.06. The predicted octanol–water partition coefficient (Wildman–Crippen LogP) is 3.84. The molecule has 2 aromatic carbocycles. The van der Waals surface area contributed by atoms with Gasteiger partial charge >= 0.3 is 0 Å². The van der Waals surface area contributed by atoms with Crippen molar-refractivity contribution in [3.8, 4) is 11.8 Å². The first kappa shape index (κ1) is 13.9. The van der Waals surface area contributed by atoms with E-state index in [-0.39, 0.29) is 0 Å². The lowest BCUT2D eigenvalue weighted by Crippen LogP contribution is -2.04. The van der Waals surface area contributed by atoms with E-state index in [1.807, 2.05) is 44.2 Å². The van der Waals surface area contributed by atoms with Gasteiger partial charge in [0.2, 0.25) is 0 Å². The normalized spacial score (nSPS) is 10.8. The Hall–Kier alpha value is -2.53. The van der Waals surface area contributed by atoms with E-state index < -0.39 is 0 Å². The minimum absolute atomic E-state index is 0.406. The molecule has 2 nitrogen and oxygen atoms in total. The number of rotatable bonds is 1. The monoisotopic (exact) mass is 263 g/mol. The van der Waals surface area contributed by atoms with Gasteiger partial charge in [-0.25, -0.2) is 0 Å². The van der Waals surface area contributed by atoms with Crippen LogP contribution < -0.4 is 0 Å². The maximum Gasteiger partial charge on any atom is 0.160 e. The second-order valence-corrected chi connectivity index (χ2v) is 4.84. The molecule has 0 aliphatic carbocycles. The van der Waals surface area contributed by atoms with Gasteiger partial charge in [0.15, 0.2) is 5.71 Å². The van der Waals surface area contributed by atoms with E-state index in [2.05, 4.69) is 36.1 Å². The Morgan fingerprint density at radius 1 is 1.00 bits per heavy atom. The molecule has 0 spiro atoms. The fourth-order valence-corrected chi connectivity index (χ4v) is 2.34. The summed E-state index contributed by atoms with van der Waals surface area (Å²) in [4.78, 5) is 0. The van der Waals surface area contributed by atoms with Crippen LogP contribution in [0, 0.1) is 32.6 Å². The van der Waals surface area contributed by atoms with E-state index in [0.717, 1.165) is 22.3 Å². The van der Waals surface area contributed by atoms with Crippen LogP contribution in [0.2, 0.25) is 0 Å². The average molecular weight is 263 g/mol. The van der Waals surface area contributed by atoms with Gasteiger partial charge in [0.25, 0.3) is 0 Å². The Labute approximate surface area is 119 Å². The van der Waals surface area contributed by atoms with E-state index in [1.54, 1.807) is 0 Å². The van der Waals surface area contributed by atoms with Crippen LogP contribution in [-0.4, -0.2) is 10.9 Å². The molecule has 0 saturated heterocycles. The molecule has 0 aliphatic rings. The minimum atomic E-state index is 0.406. The van der Waals surface area contributed by atoms with Crippen LogP contribution in [0.5, 0.6) is 0 Å². The molecule has 0 saturated carbocycles. The summed E-state index contributed by atoms with van der Waals surface area (Å²) in [7, 11) is 0. The molecular weight excluding hydrogens is 246 g/mol. The highest BCUT2D eigenvalue weighted by Gasteiger charge is 2.09. The Morgan fingerprint density at radius 3 is 2.15 bits per heavy atom. The van der Waals surface area contributed by atoms with Gasteiger partial charge < -0.3 is 5.21 Å². The van der Waals surface area contributed by atoms with Crippen molar-refractivity contribution in [1.29, 1.82) is 0 Å². The summed E-state index contributed by atoms with van der Waals surface area (Å²) < 4.78 is 0. The molecule has 20 heavy (non-hydrogen) atoms. The average Bonchev–Trinajstić information content (AvgIpc) is 2.42. The van der Waals surface area contributed by atoms with Crippen molar-refractivity contribution in [3.05, 3.63) is 70.3 Å². The van der Waals surface area contributed by atoms with Crippen molar-refractivity contribution in [1.82, 2.24) is 0 Å². The third-order valence-corrected chi connectivity index (χ3v) is 3.11. The van der Waals surface area contributed by atoms with Gasteiger partial charge in [-0.05, 0) is 50.0 Å². The molecule has 2 heteroatoms. The van der Waals surface area contributed by atoms with Gasteiger partial charge in [0.1, 0.15) is 0 Å². The standard InChI is InChI=1S/C18H17NO/c1-13-11-14(2)18(15(3)12-13)17(19-20)10-9-16-7-5-4-6-8-16/h4-8,11-12,20H,1-3H3/b19-17+. The van der Waals surface area contributed by atoms with E-state index in [1.165, 1.54) is 5.56 Å². The molecule has 0 aliphatic heterocycles. The van der Waals surface area contributed by atoms with Crippen molar-refractivity contribution in [2.24, 2.45) is 5.16 Å². The van der Waals surface area contributed by atoms with Crippen molar-refractivity contribution in [3.63, 3.8) is 0 Å². The second-order valence-electron chi connectivity index (χ2n) is 4.84. The number of nitrogens with zero attached hydrogens (tertiary/aromatic N) is 1. The molecule has 0 atom stereocenters. The topological polar surface area (TPSA) is 32.6 Å². The summed E-state index contributed by atoms with van der Waals surface area (Å²) in [5, 5.41) is 12.6. The number of benzene rings is 2. The molecule has 0 aromatic heterocycles. The lowest BCUT2D eigenvalue weighted by atomic mass is 9.96. The van der Waals surface area contributed by atoms with E-state index >= 15 is 0 Å². The molecule has 0 bridgehead atoms. The first-order valence-electron chi connectivity index (χ1n) is 6.49. The zero-order chi connectivity index (χ0) is 14.5. The van der Waals surface area contributed by atoms with E-state index in [9.17, 15) is 5.21 Å². The summed E-state index contributed by atoms with van der Waals surface area (Å²) in [5.74, 6) is 5.98. The zero-order valence-corrected chi connectivity index (χ0v) is 11.9. The highest BCUT2D eigenvalue weighted by Crippen LogP contribution is 2.17. The summed E-state index contributed by atoms with van der Waals surface area (Å²) >= 11 is 0. The van der Waals surface area contributed by atoms with Crippen molar-refractivity contribution >= 4 is 5.71 Å². The van der Waals surface area contributed by atoms with E-state index in [4.69, 9.17) is 0 Å². The van der Waals surface area contributed by atoms with Gasteiger partial charge in [0.05, 0.1) is 0 Å². The van der Waals surface area contributed by atoms with Crippen LogP contribution in [0.1, 0.15) is 27.8 Å². The Morgan fingerprint density at radius 2 is 1.60 bits per heavy atom. The fraction of sp³-hybridized carbons (Fsp3) is 0.167. The molecule has 0 heterocycles. The van der Waals surface area contributed by atoms with Crippen LogP contribution >= 0.6 is 0 Å². The maximum atomic E-state index is 9.26. The van der Waals surface area contributed by atoms with Gasteiger partial charge in [-0.3, -0.25) is 0 Å². The van der Waals surface area contributed by atoms with Gasteiger partial charge in [-0.15, -0.1) is 0 Å². The van der Waals surface area contributed by atoms with Crippen LogP contribution in [0.4, 0.5) is 0 Å². The smallest absolute Gasteiger partial charge is 0.160 e. The van der Waals surface area contributed by atoms with Crippen molar-refractivity contribution < 1.29 is 5.21 Å². The Balaban J connectivity index is 2.44. The molecule has 1 N–H and O–H groups in total. The SMILES string of the molecule is Cc1cc(C)c(/C(C#Cc2ccccc2)=N/O)c(C)c1. The third kappa shape index (κ3) is 3.07. The number of aryl methyl sites for hydroxylation is 3. The van der Waals surface area contributed by atoms with E-state index in [0.29, 0.717) is 5.71 Å². The van der Waals surface area contributed by atoms with Crippen LogP contribution in [0.25, 0.3) is 0 Å². The number of hydrogen-bond donors (Lipinski definition) is 1. The van der Waals surface area contributed by atoms with Crippen LogP contribution in [-0.2, 0) is 0 Å². The third-order valence-electron chi connectivity index (χ3n) is 3.11. The zero-order valence-electron chi connectivity index (χ0n) is 11.9. The second kappa shape index (κ2) is 6.08. The first-order valence-corrected chi connectivity index (χ1v) is 6.49. The molecule has 2 rings (SSSR count). The molecule has 0 amide bonds. The highest BCUT2D eigenvalue weighted by molar-refractivity contribution is 6.14. The molecular formula is C18H17NO. The van der Waals surface area contributed by atoms with Crippen LogP contribution in [0.15, 0.2) is 47.6 Å². The van der Waals surface area contributed by atoms with Crippen molar-refractivity contribution in [2.45, 2.75) is 20.8 Å². The molecule has 0 radical (unpaired) electrons. The van der Waals surface area contributed by atoms with Crippen LogP contribution in [0.3, 0.4) is 0 Å². The summed E-state index contributed by atoms with van der Waals surface area (Å²) in [5.41, 5.74) is 5.54. The van der Waals surface area contributed by atoms with Gasteiger partial charge in [-0.1, -0.05) is 47.0 Å². The maximum absolute atomic E-state index is 9.26. The highest BCUT2D eigenvalue weighted by atomic mass is 16.4. The summed E-state index contributed by atoms with van der Waals surface area (Å²) in [6.07, 6.45) is 0. The molecule has 2 aromatic rings.